The molecule has 0 radical (unpaired) electrons. The van der Waals surface area contributed by atoms with Crippen molar-refractivity contribution in [2.75, 3.05) is 25.1 Å². The maximum Gasteiger partial charge on any atom is 0.446 e. The molecule has 0 spiro atoms. The Morgan fingerprint density at radius 1 is 1.34 bits per heavy atom. The lowest BCUT2D eigenvalue weighted by Crippen LogP contribution is -2.58. The Kier molecular flexibility index (Phi) is 5.19. The number of nitrogens with zero attached hydrogens (tertiary/aromatic N) is 5. The smallest absolute Gasteiger partial charge is 0.446 e. The van der Waals surface area contributed by atoms with E-state index in [0.717, 1.165) is 18.9 Å². The Hall–Kier alpha value is -2.83. The average Bonchev–Trinajstić information content (AvgIpc) is 3.04. The van der Waals surface area contributed by atoms with Gasteiger partial charge >= 0.3 is 17.8 Å². The summed E-state index contributed by atoms with van der Waals surface area (Å²) in [7, 11) is 0.828. The zero-order chi connectivity index (χ0) is 21.6. The van der Waals surface area contributed by atoms with E-state index in [0.29, 0.717) is 23.7 Å². The standard InChI is InChI=1S/C16H16F3N5O4S/c1-4-22(5-2)13-20-15(12(25)28-3,16(17,18)19)21-14-23(13)10-7-6-9(24(26)27)8-11(10)29-14/h6-8H,4-5H2,1-3H3. The number of fused-ring (bicyclic) bond motifs is 3. The molecule has 0 bridgehead atoms. The number of amidine groups is 1. The van der Waals surface area contributed by atoms with Crippen LogP contribution in [0.25, 0.3) is 0 Å². The van der Waals surface area contributed by atoms with Gasteiger partial charge in [-0.15, -0.1) is 0 Å². The summed E-state index contributed by atoms with van der Waals surface area (Å²) in [5, 5.41) is 10.9. The van der Waals surface area contributed by atoms with Crippen LogP contribution in [-0.4, -0.2) is 59.0 Å². The number of guanidine groups is 1. The van der Waals surface area contributed by atoms with Gasteiger partial charge in [0.15, 0.2) is 5.17 Å². The Labute approximate surface area is 167 Å². The number of hydrogen-bond acceptors (Lipinski definition) is 9. The maximum atomic E-state index is 14.0. The van der Waals surface area contributed by atoms with Crippen molar-refractivity contribution in [2.45, 2.75) is 30.6 Å². The molecule has 0 saturated heterocycles. The Bertz CT molecular complexity index is 932. The summed E-state index contributed by atoms with van der Waals surface area (Å²) in [6.07, 6.45) is -5.15. The largest absolute Gasteiger partial charge is 0.465 e. The minimum absolute atomic E-state index is 0.136. The van der Waals surface area contributed by atoms with E-state index in [1.165, 1.54) is 28.0 Å². The monoisotopic (exact) mass is 431 g/mol. The second-order valence-corrected chi connectivity index (χ2v) is 7.00. The lowest BCUT2D eigenvalue weighted by Gasteiger charge is -2.37. The van der Waals surface area contributed by atoms with Crippen LogP contribution >= 0.6 is 11.8 Å². The van der Waals surface area contributed by atoms with E-state index >= 15 is 0 Å². The number of anilines is 1. The van der Waals surface area contributed by atoms with Crippen molar-refractivity contribution in [1.29, 1.82) is 0 Å². The molecule has 29 heavy (non-hydrogen) atoms. The molecule has 1 atom stereocenters. The predicted octanol–water partition coefficient (Wildman–Crippen LogP) is 3.01. The van der Waals surface area contributed by atoms with Crippen molar-refractivity contribution >= 4 is 40.2 Å². The number of nitro groups is 1. The highest BCUT2D eigenvalue weighted by molar-refractivity contribution is 8.15. The summed E-state index contributed by atoms with van der Waals surface area (Å²) < 4.78 is 46.3. The van der Waals surface area contributed by atoms with E-state index in [9.17, 15) is 28.1 Å². The van der Waals surface area contributed by atoms with Gasteiger partial charge in [-0.2, -0.15) is 13.2 Å². The number of ether oxygens (including phenoxy) is 1. The third-order valence-electron chi connectivity index (χ3n) is 4.42. The molecule has 2 heterocycles. The van der Waals surface area contributed by atoms with Gasteiger partial charge in [0.25, 0.3) is 5.69 Å². The molecule has 3 rings (SSSR count). The molecular weight excluding hydrogens is 415 g/mol. The van der Waals surface area contributed by atoms with Crippen LogP contribution in [0, 0.1) is 10.1 Å². The van der Waals surface area contributed by atoms with Crippen molar-refractivity contribution in [3.05, 3.63) is 28.3 Å². The van der Waals surface area contributed by atoms with Crippen LogP contribution in [0.3, 0.4) is 0 Å². The highest BCUT2D eigenvalue weighted by atomic mass is 32.2. The van der Waals surface area contributed by atoms with Crippen LogP contribution in [0.5, 0.6) is 0 Å². The number of carbonyl (C=O) groups is 1. The fourth-order valence-corrected chi connectivity index (χ4v) is 4.04. The van der Waals surface area contributed by atoms with Gasteiger partial charge in [0.1, 0.15) is 0 Å². The summed E-state index contributed by atoms with van der Waals surface area (Å²) in [4.78, 5) is 33.2. The van der Waals surface area contributed by atoms with Crippen molar-refractivity contribution in [3.8, 4) is 0 Å². The second kappa shape index (κ2) is 7.21. The van der Waals surface area contributed by atoms with Gasteiger partial charge < -0.3 is 9.64 Å². The first-order valence-electron chi connectivity index (χ1n) is 8.45. The number of alkyl halides is 3. The topological polar surface area (TPSA) is 101 Å². The van der Waals surface area contributed by atoms with Gasteiger partial charge in [0.2, 0.25) is 5.96 Å². The number of rotatable bonds is 4. The number of methoxy groups -OCH3 is 1. The molecule has 0 saturated carbocycles. The molecule has 156 valence electrons. The molecule has 9 nitrogen and oxygen atoms in total. The fourth-order valence-electron chi connectivity index (χ4n) is 2.95. The number of thioether (sulfide) groups is 1. The normalized spacial score (nSPS) is 20.4. The third-order valence-corrected chi connectivity index (χ3v) is 5.42. The van der Waals surface area contributed by atoms with Crippen molar-refractivity contribution in [2.24, 2.45) is 9.98 Å². The third kappa shape index (κ3) is 3.18. The number of halogens is 3. The number of non-ortho nitro benzene ring substituents is 1. The average molecular weight is 431 g/mol. The highest BCUT2D eigenvalue weighted by Crippen LogP contribution is 2.48. The minimum Gasteiger partial charge on any atom is -0.465 e. The van der Waals surface area contributed by atoms with E-state index in [-0.39, 0.29) is 16.8 Å². The highest BCUT2D eigenvalue weighted by Gasteiger charge is 2.66. The van der Waals surface area contributed by atoms with E-state index in [1.54, 1.807) is 13.8 Å². The molecule has 1 unspecified atom stereocenters. The zero-order valence-corrected chi connectivity index (χ0v) is 16.4. The molecule has 0 N–H and O–H groups in total. The lowest BCUT2D eigenvalue weighted by molar-refractivity contribution is -0.385. The molecule has 1 aromatic carbocycles. The first-order valence-corrected chi connectivity index (χ1v) is 9.27. The number of aliphatic imine (C=N–C) groups is 2. The van der Waals surface area contributed by atoms with Crippen molar-refractivity contribution in [1.82, 2.24) is 4.90 Å². The molecular formula is C16H16F3N5O4S. The molecule has 2 aliphatic heterocycles. The van der Waals surface area contributed by atoms with E-state index in [4.69, 9.17) is 0 Å². The number of benzene rings is 1. The Morgan fingerprint density at radius 3 is 2.52 bits per heavy atom. The van der Waals surface area contributed by atoms with E-state index < -0.39 is 22.7 Å². The molecule has 0 aromatic heterocycles. The second-order valence-electron chi connectivity index (χ2n) is 5.99. The minimum atomic E-state index is -5.15. The molecule has 1 aromatic rings. The van der Waals surface area contributed by atoms with Gasteiger partial charge in [0.05, 0.1) is 17.7 Å². The number of carbonyl (C=O) groups excluding carboxylic acids is 1. The molecule has 0 aliphatic carbocycles. The zero-order valence-electron chi connectivity index (χ0n) is 15.6. The first kappa shape index (κ1) is 20.9. The number of nitro benzene ring substituents is 1. The van der Waals surface area contributed by atoms with Gasteiger partial charge in [-0.25, -0.2) is 14.8 Å². The lowest BCUT2D eigenvalue weighted by atomic mass is 10.1. The van der Waals surface area contributed by atoms with Gasteiger partial charge in [-0.05, 0) is 31.7 Å². The van der Waals surface area contributed by atoms with Crippen LogP contribution < -0.4 is 4.90 Å². The van der Waals surface area contributed by atoms with Gasteiger partial charge in [-0.3, -0.25) is 15.0 Å². The van der Waals surface area contributed by atoms with Crippen molar-refractivity contribution in [3.63, 3.8) is 0 Å². The van der Waals surface area contributed by atoms with Crippen LogP contribution in [0.2, 0.25) is 0 Å². The van der Waals surface area contributed by atoms with Crippen LogP contribution in [0.4, 0.5) is 24.5 Å². The first-order chi connectivity index (χ1) is 13.6. The predicted molar refractivity (Wildman–Crippen MR) is 100 cm³/mol. The van der Waals surface area contributed by atoms with Gasteiger partial charge in [-0.1, -0.05) is 0 Å². The molecule has 2 aliphatic rings. The Morgan fingerprint density at radius 2 is 2.00 bits per heavy atom. The van der Waals surface area contributed by atoms with Crippen LogP contribution in [-0.2, 0) is 9.53 Å². The maximum absolute atomic E-state index is 14.0. The molecule has 0 amide bonds. The fraction of sp³-hybridized carbons (Fsp3) is 0.438. The summed E-state index contributed by atoms with van der Waals surface area (Å²) in [5.74, 6) is -1.80. The van der Waals surface area contributed by atoms with Crippen LogP contribution in [0.15, 0.2) is 33.1 Å². The number of esters is 1. The summed E-state index contributed by atoms with van der Waals surface area (Å²) in [6, 6.07) is 3.91. The summed E-state index contributed by atoms with van der Waals surface area (Å²) >= 11 is 0.796. The van der Waals surface area contributed by atoms with Crippen LogP contribution in [0.1, 0.15) is 13.8 Å². The molecule has 13 heteroatoms. The quantitative estimate of drug-likeness (QED) is 0.410. The SMILES string of the molecule is CCN(CC)C1=NC(C(=O)OC)(C(F)(F)F)N=C2Sc3cc([N+](=O)[O-])ccc3N21. The van der Waals surface area contributed by atoms with E-state index in [2.05, 4.69) is 14.7 Å². The van der Waals surface area contributed by atoms with E-state index in [1.807, 2.05) is 0 Å². The Balaban J connectivity index is 2.25. The molecule has 0 fully saturated rings. The van der Waals surface area contributed by atoms with Crippen molar-refractivity contribution < 1.29 is 27.6 Å². The number of hydrogen-bond donors (Lipinski definition) is 0. The summed E-state index contributed by atoms with van der Waals surface area (Å²) in [5.41, 5.74) is -3.27. The van der Waals surface area contributed by atoms with Gasteiger partial charge in [0, 0.05) is 30.1 Å². The summed E-state index contributed by atoms with van der Waals surface area (Å²) in [6.45, 7) is 4.07.